The number of thiophene rings is 1. The number of nitrogens with one attached hydrogen (secondary N) is 1. The molecule has 3 nitrogen and oxygen atoms in total. The van der Waals surface area contributed by atoms with Crippen LogP contribution in [0, 0.1) is 0 Å². The molecule has 1 aromatic heterocycles. The predicted molar refractivity (Wildman–Crippen MR) is 89.9 cm³/mol. The van der Waals surface area contributed by atoms with Gasteiger partial charge in [0.05, 0.1) is 0 Å². The molecule has 1 aliphatic rings. The van der Waals surface area contributed by atoms with Crippen molar-refractivity contribution in [3.63, 3.8) is 0 Å². The summed E-state index contributed by atoms with van der Waals surface area (Å²) in [6, 6.07) is 2.73. The van der Waals surface area contributed by atoms with Crippen molar-refractivity contribution in [3.8, 4) is 0 Å². The summed E-state index contributed by atoms with van der Waals surface area (Å²) in [6.07, 6.45) is 5.78. The lowest BCUT2D eigenvalue weighted by Crippen LogP contribution is -2.33. The molecule has 21 heavy (non-hydrogen) atoms. The van der Waals surface area contributed by atoms with Gasteiger partial charge in [0.2, 0.25) is 5.91 Å². The zero-order chi connectivity index (χ0) is 15.2. The van der Waals surface area contributed by atoms with Gasteiger partial charge >= 0.3 is 0 Å². The van der Waals surface area contributed by atoms with Crippen molar-refractivity contribution in [1.82, 2.24) is 10.2 Å². The monoisotopic (exact) mass is 308 g/mol. The number of aryl methyl sites for hydroxylation is 2. The van der Waals surface area contributed by atoms with E-state index in [1.807, 2.05) is 30.1 Å². The molecule has 0 bridgehead atoms. The number of carbonyl (C=O) groups is 1. The first kappa shape index (κ1) is 16.5. The van der Waals surface area contributed by atoms with Gasteiger partial charge < -0.3 is 10.2 Å². The number of hydrogen-bond acceptors (Lipinski definition) is 3. The van der Waals surface area contributed by atoms with Crippen molar-refractivity contribution in [2.75, 3.05) is 19.6 Å². The van der Waals surface area contributed by atoms with Crippen molar-refractivity contribution >= 4 is 17.2 Å². The smallest absolute Gasteiger partial charge is 0.223 e. The summed E-state index contributed by atoms with van der Waals surface area (Å²) in [4.78, 5) is 16.9. The van der Waals surface area contributed by atoms with E-state index in [2.05, 4.69) is 18.3 Å². The first-order chi connectivity index (χ1) is 10.2. The van der Waals surface area contributed by atoms with Crippen LogP contribution in [-0.2, 0) is 17.6 Å². The molecule has 0 aromatic carbocycles. The largest absolute Gasteiger partial charge is 0.343 e. The second-order valence-corrected chi connectivity index (χ2v) is 6.96. The second-order valence-electron chi connectivity index (χ2n) is 5.80. The van der Waals surface area contributed by atoms with Crippen molar-refractivity contribution in [1.29, 1.82) is 0 Å². The molecule has 118 valence electrons. The molecule has 0 spiro atoms. The fourth-order valence-electron chi connectivity index (χ4n) is 2.96. The van der Waals surface area contributed by atoms with Crippen LogP contribution in [0.1, 0.15) is 61.4 Å². The summed E-state index contributed by atoms with van der Waals surface area (Å²) in [6.45, 7) is 8.66. The molecule has 1 N–H and O–H groups in total. The van der Waals surface area contributed by atoms with Gasteiger partial charge in [-0.2, -0.15) is 0 Å². The summed E-state index contributed by atoms with van der Waals surface area (Å²) in [5.74, 6) is 0.255. The Kier molecular flexibility index (Phi) is 6.24. The second kappa shape index (κ2) is 7.95. The van der Waals surface area contributed by atoms with E-state index < -0.39 is 0 Å². The third kappa shape index (κ3) is 4.30. The minimum Gasteiger partial charge on any atom is -0.343 e. The minimum absolute atomic E-state index is 0.255. The molecule has 0 saturated heterocycles. The molecule has 1 heterocycles. The molecule has 1 unspecified atom stereocenters. The zero-order valence-electron chi connectivity index (χ0n) is 13.6. The molecule has 1 aromatic rings. The van der Waals surface area contributed by atoms with Gasteiger partial charge in [-0.25, -0.2) is 0 Å². The molecular weight excluding hydrogens is 280 g/mol. The Hall–Kier alpha value is -0.870. The number of rotatable bonds is 7. The van der Waals surface area contributed by atoms with E-state index in [4.69, 9.17) is 0 Å². The molecular formula is C17H28N2OS. The van der Waals surface area contributed by atoms with Crippen molar-refractivity contribution in [2.24, 2.45) is 0 Å². The topological polar surface area (TPSA) is 32.3 Å². The van der Waals surface area contributed by atoms with E-state index >= 15 is 0 Å². The Morgan fingerprint density at radius 2 is 2.05 bits per heavy atom. The maximum atomic E-state index is 12.0. The van der Waals surface area contributed by atoms with E-state index in [0.717, 1.165) is 19.6 Å². The average Bonchev–Trinajstić information content (AvgIpc) is 2.92. The van der Waals surface area contributed by atoms with Crippen LogP contribution in [0.3, 0.4) is 0 Å². The molecule has 4 heteroatoms. The van der Waals surface area contributed by atoms with E-state index in [1.165, 1.54) is 30.6 Å². The first-order valence-corrected chi connectivity index (χ1v) is 9.10. The Labute approximate surface area is 132 Å². The lowest BCUT2D eigenvalue weighted by Gasteiger charge is -2.19. The fourth-order valence-corrected chi connectivity index (χ4v) is 4.24. The van der Waals surface area contributed by atoms with Crippen molar-refractivity contribution in [3.05, 3.63) is 21.4 Å². The number of carbonyl (C=O) groups excluding carboxylic acids is 1. The van der Waals surface area contributed by atoms with Crippen LogP contribution >= 0.6 is 11.3 Å². The van der Waals surface area contributed by atoms with Crippen molar-refractivity contribution in [2.45, 2.75) is 58.9 Å². The number of nitrogens with zero attached hydrogens (tertiary/aromatic N) is 1. The van der Waals surface area contributed by atoms with E-state index in [-0.39, 0.29) is 5.91 Å². The van der Waals surface area contributed by atoms with Gasteiger partial charge in [0.15, 0.2) is 0 Å². The summed E-state index contributed by atoms with van der Waals surface area (Å²) in [5.41, 5.74) is 1.56. The third-order valence-electron chi connectivity index (χ3n) is 4.35. The standard InChI is InChI=1S/C17H28N2OS/c1-4-19(5-2)17(20)10-11-18-13(3)16-12-14-8-6-7-9-15(14)21-16/h12-13,18H,4-11H2,1-3H3. The van der Waals surface area contributed by atoms with Crippen LogP contribution in [0.5, 0.6) is 0 Å². The molecule has 1 aliphatic carbocycles. The molecule has 0 saturated carbocycles. The van der Waals surface area contributed by atoms with Crippen LogP contribution in [0.2, 0.25) is 0 Å². The van der Waals surface area contributed by atoms with Gasteiger partial charge in [-0.1, -0.05) is 0 Å². The highest BCUT2D eigenvalue weighted by Crippen LogP contribution is 2.32. The zero-order valence-corrected chi connectivity index (χ0v) is 14.4. The Morgan fingerprint density at radius 1 is 1.33 bits per heavy atom. The van der Waals surface area contributed by atoms with Gasteiger partial charge in [-0.15, -0.1) is 11.3 Å². The van der Waals surface area contributed by atoms with Crippen LogP contribution in [0.15, 0.2) is 6.07 Å². The Balaban J connectivity index is 1.80. The summed E-state index contributed by atoms with van der Waals surface area (Å²) < 4.78 is 0. The molecule has 0 aliphatic heterocycles. The van der Waals surface area contributed by atoms with E-state index in [0.29, 0.717) is 12.5 Å². The molecule has 1 atom stereocenters. The average molecular weight is 308 g/mol. The van der Waals surface area contributed by atoms with Crippen molar-refractivity contribution < 1.29 is 4.79 Å². The number of amides is 1. The van der Waals surface area contributed by atoms with Gasteiger partial charge in [-0.3, -0.25) is 4.79 Å². The maximum Gasteiger partial charge on any atom is 0.223 e. The summed E-state index contributed by atoms with van der Waals surface area (Å²) >= 11 is 1.96. The lowest BCUT2D eigenvalue weighted by molar-refractivity contribution is -0.130. The highest BCUT2D eigenvalue weighted by atomic mass is 32.1. The van der Waals surface area contributed by atoms with Gasteiger partial charge in [-0.05, 0) is 58.1 Å². The van der Waals surface area contributed by atoms with E-state index in [1.54, 1.807) is 10.4 Å². The lowest BCUT2D eigenvalue weighted by atomic mass is 9.99. The highest BCUT2D eigenvalue weighted by molar-refractivity contribution is 7.12. The molecule has 0 fully saturated rings. The SMILES string of the molecule is CCN(CC)C(=O)CCNC(C)c1cc2c(s1)CCCC2. The highest BCUT2D eigenvalue weighted by Gasteiger charge is 2.17. The maximum absolute atomic E-state index is 12.0. The third-order valence-corrected chi connectivity index (χ3v) is 5.77. The van der Waals surface area contributed by atoms with E-state index in [9.17, 15) is 4.79 Å². The van der Waals surface area contributed by atoms with Crippen LogP contribution in [0.25, 0.3) is 0 Å². The summed E-state index contributed by atoms with van der Waals surface area (Å²) in [7, 11) is 0. The molecule has 2 rings (SSSR count). The quantitative estimate of drug-likeness (QED) is 0.835. The predicted octanol–water partition coefficient (Wildman–Crippen LogP) is 3.54. The van der Waals surface area contributed by atoms with Gasteiger partial charge in [0.1, 0.15) is 0 Å². The van der Waals surface area contributed by atoms with Crippen LogP contribution in [-0.4, -0.2) is 30.4 Å². The minimum atomic E-state index is 0.255. The summed E-state index contributed by atoms with van der Waals surface area (Å²) in [5, 5.41) is 3.50. The van der Waals surface area contributed by atoms with Gasteiger partial charge in [0, 0.05) is 41.9 Å². The Morgan fingerprint density at radius 3 is 2.71 bits per heavy atom. The number of fused-ring (bicyclic) bond motifs is 1. The number of hydrogen-bond donors (Lipinski definition) is 1. The van der Waals surface area contributed by atoms with Crippen LogP contribution in [0.4, 0.5) is 0 Å². The Bertz CT molecular complexity index is 442. The molecule has 0 radical (unpaired) electrons. The molecule has 1 amide bonds. The van der Waals surface area contributed by atoms with Gasteiger partial charge in [0.25, 0.3) is 0 Å². The fraction of sp³-hybridized carbons (Fsp3) is 0.706. The normalized spacial score (nSPS) is 15.6. The van der Waals surface area contributed by atoms with Crippen LogP contribution < -0.4 is 5.32 Å². The first-order valence-electron chi connectivity index (χ1n) is 8.28.